The van der Waals surface area contributed by atoms with Crippen LogP contribution in [-0.2, 0) is 9.59 Å². The Bertz CT molecular complexity index is 217. The molecule has 0 saturated carbocycles. The Morgan fingerprint density at radius 1 is 1.27 bits per heavy atom. The molecule has 0 aromatic rings. The van der Waals surface area contributed by atoms with E-state index < -0.39 is 11.9 Å². The van der Waals surface area contributed by atoms with Crippen LogP contribution in [0.15, 0.2) is 0 Å². The second kappa shape index (κ2) is 7.23. The van der Waals surface area contributed by atoms with Crippen LogP contribution in [0.3, 0.4) is 0 Å². The lowest BCUT2D eigenvalue weighted by molar-refractivity contribution is -0.140. The molecule has 88 valence electrons. The van der Waals surface area contributed by atoms with Crippen molar-refractivity contribution < 1.29 is 14.7 Å². The summed E-state index contributed by atoms with van der Waals surface area (Å²) >= 11 is 0. The largest absolute Gasteiger partial charge is 0.481 e. The van der Waals surface area contributed by atoms with Crippen LogP contribution in [0, 0.1) is 5.92 Å². The second-order valence-corrected chi connectivity index (χ2v) is 3.92. The molecule has 0 bridgehead atoms. The van der Waals surface area contributed by atoms with Crippen LogP contribution in [0.25, 0.3) is 0 Å². The van der Waals surface area contributed by atoms with Gasteiger partial charge < -0.3 is 15.7 Å². The van der Waals surface area contributed by atoms with Crippen LogP contribution in [-0.4, -0.2) is 36.1 Å². The van der Waals surface area contributed by atoms with Crippen molar-refractivity contribution in [2.45, 2.75) is 33.2 Å². The minimum Gasteiger partial charge on any atom is -0.481 e. The fraction of sp³-hybridized carbons (Fsp3) is 0.800. The van der Waals surface area contributed by atoms with Crippen LogP contribution >= 0.6 is 0 Å². The molecule has 0 aliphatic heterocycles. The van der Waals surface area contributed by atoms with E-state index >= 15 is 0 Å². The number of carboxylic acids is 1. The molecule has 0 fully saturated rings. The van der Waals surface area contributed by atoms with E-state index in [1.807, 2.05) is 13.8 Å². The first-order chi connectivity index (χ1) is 6.93. The van der Waals surface area contributed by atoms with E-state index in [2.05, 4.69) is 10.6 Å². The maximum absolute atomic E-state index is 11.2. The predicted octanol–water partition coefficient (Wildman–Crippen LogP) is 0.211. The lowest BCUT2D eigenvalue weighted by Gasteiger charge is -2.10. The zero-order valence-corrected chi connectivity index (χ0v) is 9.54. The number of amides is 1. The predicted molar refractivity (Wildman–Crippen MR) is 57.6 cm³/mol. The van der Waals surface area contributed by atoms with Gasteiger partial charge in [0.1, 0.15) is 0 Å². The van der Waals surface area contributed by atoms with E-state index in [9.17, 15) is 9.59 Å². The fourth-order valence-electron chi connectivity index (χ4n) is 1.00. The van der Waals surface area contributed by atoms with E-state index in [1.54, 1.807) is 6.92 Å². The van der Waals surface area contributed by atoms with Gasteiger partial charge in [-0.3, -0.25) is 9.59 Å². The molecule has 0 aromatic heterocycles. The average Bonchev–Trinajstić information content (AvgIpc) is 2.10. The Hall–Kier alpha value is -1.10. The molecular formula is C10H20N2O3. The summed E-state index contributed by atoms with van der Waals surface area (Å²) in [5.41, 5.74) is 0. The first kappa shape index (κ1) is 13.9. The minimum absolute atomic E-state index is 0.0134. The minimum atomic E-state index is -0.825. The van der Waals surface area contributed by atoms with Crippen molar-refractivity contribution in [3.8, 4) is 0 Å². The van der Waals surface area contributed by atoms with Gasteiger partial charge in [0, 0.05) is 25.6 Å². The third kappa shape index (κ3) is 7.93. The topological polar surface area (TPSA) is 78.4 Å². The van der Waals surface area contributed by atoms with Gasteiger partial charge in [0.2, 0.25) is 5.91 Å². The van der Waals surface area contributed by atoms with Crippen molar-refractivity contribution >= 4 is 11.9 Å². The zero-order valence-electron chi connectivity index (χ0n) is 9.54. The Kier molecular flexibility index (Phi) is 6.70. The average molecular weight is 216 g/mol. The number of carboxylic acid groups (broad SMARTS) is 1. The molecule has 0 heterocycles. The lowest BCUT2D eigenvalue weighted by Crippen LogP contribution is -2.34. The van der Waals surface area contributed by atoms with Crippen LogP contribution in [0.2, 0.25) is 0 Å². The van der Waals surface area contributed by atoms with E-state index in [4.69, 9.17) is 5.11 Å². The van der Waals surface area contributed by atoms with Crippen molar-refractivity contribution in [1.29, 1.82) is 0 Å². The SMILES string of the molecule is CC(C)NC(=O)CCNCC(C)C(=O)O. The molecule has 0 saturated heterocycles. The Balaban J connectivity index is 3.46. The third-order valence-electron chi connectivity index (χ3n) is 1.85. The Labute approximate surface area is 90.2 Å². The highest BCUT2D eigenvalue weighted by atomic mass is 16.4. The molecule has 5 heteroatoms. The first-order valence-corrected chi connectivity index (χ1v) is 5.16. The maximum atomic E-state index is 11.2. The summed E-state index contributed by atoms with van der Waals surface area (Å²) in [7, 11) is 0. The summed E-state index contributed by atoms with van der Waals surface area (Å²) in [6.45, 7) is 6.33. The summed E-state index contributed by atoms with van der Waals surface area (Å²) in [5, 5.41) is 14.3. The number of nitrogens with one attached hydrogen (secondary N) is 2. The molecule has 1 atom stereocenters. The van der Waals surface area contributed by atoms with E-state index in [0.29, 0.717) is 19.5 Å². The molecule has 1 amide bonds. The Morgan fingerprint density at radius 3 is 2.33 bits per heavy atom. The number of carbonyl (C=O) groups is 2. The Morgan fingerprint density at radius 2 is 1.87 bits per heavy atom. The maximum Gasteiger partial charge on any atom is 0.307 e. The van der Waals surface area contributed by atoms with Crippen LogP contribution in [0.5, 0.6) is 0 Å². The number of aliphatic carboxylic acids is 1. The van der Waals surface area contributed by atoms with Crippen molar-refractivity contribution in [3.05, 3.63) is 0 Å². The van der Waals surface area contributed by atoms with Crippen molar-refractivity contribution in [2.24, 2.45) is 5.92 Å². The number of rotatable bonds is 7. The van der Waals surface area contributed by atoms with Crippen LogP contribution in [0.4, 0.5) is 0 Å². The summed E-state index contributed by atoms with van der Waals surface area (Å²) < 4.78 is 0. The molecule has 15 heavy (non-hydrogen) atoms. The molecule has 0 aromatic carbocycles. The van der Waals surface area contributed by atoms with E-state index in [0.717, 1.165) is 0 Å². The molecule has 0 radical (unpaired) electrons. The summed E-state index contributed by atoms with van der Waals surface area (Å²) in [4.78, 5) is 21.6. The standard InChI is InChI=1S/C10H20N2O3/c1-7(2)12-9(13)4-5-11-6-8(3)10(14)15/h7-8,11H,4-6H2,1-3H3,(H,12,13)(H,14,15). The van der Waals surface area contributed by atoms with Gasteiger partial charge in [-0.05, 0) is 13.8 Å². The lowest BCUT2D eigenvalue weighted by atomic mass is 10.2. The highest BCUT2D eigenvalue weighted by Crippen LogP contribution is 1.91. The third-order valence-corrected chi connectivity index (χ3v) is 1.85. The van der Waals surface area contributed by atoms with Gasteiger partial charge in [-0.1, -0.05) is 6.92 Å². The smallest absolute Gasteiger partial charge is 0.307 e. The molecule has 0 rings (SSSR count). The van der Waals surface area contributed by atoms with Crippen molar-refractivity contribution in [3.63, 3.8) is 0 Å². The number of carbonyl (C=O) groups excluding carboxylic acids is 1. The van der Waals surface area contributed by atoms with Gasteiger partial charge in [-0.2, -0.15) is 0 Å². The van der Waals surface area contributed by atoms with Gasteiger partial charge in [-0.25, -0.2) is 0 Å². The molecular weight excluding hydrogens is 196 g/mol. The number of hydrogen-bond acceptors (Lipinski definition) is 3. The summed E-state index contributed by atoms with van der Waals surface area (Å²) in [6.07, 6.45) is 0.379. The molecule has 0 aliphatic carbocycles. The highest BCUT2D eigenvalue weighted by molar-refractivity contribution is 5.76. The van der Waals surface area contributed by atoms with E-state index in [1.165, 1.54) is 0 Å². The first-order valence-electron chi connectivity index (χ1n) is 5.16. The quantitative estimate of drug-likeness (QED) is 0.532. The molecule has 0 aliphatic rings. The van der Waals surface area contributed by atoms with Gasteiger partial charge in [0.25, 0.3) is 0 Å². The summed E-state index contributed by atoms with van der Waals surface area (Å²) in [6, 6.07) is 0.149. The second-order valence-electron chi connectivity index (χ2n) is 3.92. The summed E-state index contributed by atoms with van der Waals surface area (Å²) in [5.74, 6) is -1.26. The molecule has 5 nitrogen and oxygen atoms in total. The fourth-order valence-corrected chi connectivity index (χ4v) is 1.00. The monoisotopic (exact) mass is 216 g/mol. The van der Waals surface area contributed by atoms with Crippen molar-refractivity contribution in [1.82, 2.24) is 10.6 Å². The van der Waals surface area contributed by atoms with Gasteiger partial charge >= 0.3 is 5.97 Å². The highest BCUT2D eigenvalue weighted by Gasteiger charge is 2.09. The van der Waals surface area contributed by atoms with Crippen LogP contribution in [0.1, 0.15) is 27.2 Å². The van der Waals surface area contributed by atoms with Gasteiger partial charge in [0.15, 0.2) is 0 Å². The molecule has 3 N–H and O–H groups in total. The van der Waals surface area contributed by atoms with Crippen molar-refractivity contribution in [2.75, 3.05) is 13.1 Å². The van der Waals surface area contributed by atoms with Gasteiger partial charge in [-0.15, -0.1) is 0 Å². The van der Waals surface area contributed by atoms with E-state index in [-0.39, 0.29) is 11.9 Å². The zero-order chi connectivity index (χ0) is 11.8. The normalized spacial score (nSPS) is 12.5. The van der Waals surface area contributed by atoms with Gasteiger partial charge in [0.05, 0.1) is 5.92 Å². The van der Waals surface area contributed by atoms with Crippen LogP contribution < -0.4 is 10.6 Å². The number of hydrogen-bond donors (Lipinski definition) is 3. The molecule has 0 spiro atoms. The molecule has 1 unspecified atom stereocenters.